The van der Waals surface area contributed by atoms with Crippen LogP contribution in [0.5, 0.6) is 0 Å². The summed E-state index contributed by atoms with van der Waals surface area (Å²) in [5.41, 5.74) is -0.106. The molecular weight excluding hydrogens is 111 g/mol. The number of carbonyl (C=O) groups excluding carboxylic acids is 1. The summed E-state index contributed by atoms with van der Waals surface area (Å²) in [5, 5.41) is 6.39. The summed E-state index contributed by atoms with van der Waals surface area (Å²) in [6, 6.07) is 0. The van der Waals surface area contributed by atoms with E-state index in [1.165, 1.54) is 0 Å². The third kappa shape index (κ3) is 0.641. The standard InChI is InChI=1S/C4H3FN2O/c5-1-3-4(8)2-6-7-3/h2H,1H2. The Morgan fingerprint density at radius 2 is 2.50 bits per heavy atom. The van der Waals surface area contributed by atoms with Gasteiger partial charge in [-0.2, -0.15) is 5.10 Å². The third-order valence-corrected chi connectivity index (χ3v) is 0.764. The van der Waals surface area contributed by atoms with Crippen LogP contribution in [0.4, 0.5) is 4.39 Å². The lowest BCUT2D eigenvalue weighted by atomic mass is 10.3. The molecule has 0 aromatic carbocycles. The Labute approximate surface area is 44.9 Å². The maximum absolute atomic E-state index is 11.5. The Morgan fingerprint density at radius 3 is 2.75 bits per heavy atom. The van der Waals surface area contributed by atoms with Gasteiger partial charge in [0.15, 0.2) is 0 Å². The van der Waals surface area contributed by atoms with E-state index >= 15 is 0 Å². The van der Waals surface area contributed by atoms with Gasteiger partial charge in [-0.05, 0) is 0 Å². The van der Waals surface area contributed by atoms with Crippen molar-refractivity contribution in [1.82, 2.24) is 0 Å². The molecule has 0 saturated carbocycles. The second-order valence-corrected chi connectivity index (χ2v) is 1.29. The minimum Gasteiger partial charge on any atom is -0.286 e. The average molecular weight is 114 g/mol. The molecule has 0 aliphatic carbocycles. The first-order valence-corrected chi connectivity index (χ1v) is 2.05. The summed E-state index contributed by atoms with van der Waals surface area (Å²) < 4.78 is 11.5. The fraction of sp³-hybridized carbons (Fsp3) is 0.250. The number of alkyl halides is 1. The van der Waals surface area contributed by atoms with E-state index in [9.17, 15) is 9.18 Å². The number of rotatable bonds is 1. The highest BCUT2D eigenvalue weighted by Crippen LogP contribution is 1.90. The van der Waals surface area contributed by atoms with Crippen molar-refractivity contribution in [1.29, 1.82) is 0 Å². The molecule has 1 aliphatic rings. The van der Waals surface area contributed by atoms with Gasteiger partial charge in [0.2, 0.25) is 5.78 Å². The Balaban J connectivity index is 2.73. The Bertz CT molecular complexity index is 173. The molecule has 0 unspecified atom stereocenters. The number of hydrogen-bond donors (Lipinski definition) is 0. The van der Waals surface area contributed by atoms with Crippen LogP contribution in [0.3, 0.4) is 0 Å². The second kappa shape index (κ2) is 1.81. The average Bonchev–Trinajstić information content (AvgIpc) is 2.14. The van der Waals surface area contributed by atoms with Gasteiger partial charge in [-0.1, -0.05) is 0 Å². The minimum absolute atomic E-state index is 0.106. The van der Waals surface area contributed by atoms with E-state index in [2.05, 4.69) is 10.2 Å². The Kier molecular flexibility index (Phi) is 1.15. The minimum atomic E-state index is -0.821. The van der Waals surface area contributed by atoms with Crippen molar-refractivity contribution >= 4 is 17.7 Å². The quantitative estimate of drug-likeness (QED) is 0.471. The molecule has 0 aromatic rings. The van der Waals surface area contributed by atoms with Gasteiger partial charge in [0.05, 0.1) is 6.21 Å². The molecule has 3 nitrogen and oxygen atoms in total. The maximum Gasteiger partial charge on any atom is 0.224 e. The van der Waals surface area contributed by atoms with Crippen LogP contribution in [0, 0.1) is 0 Å². The molecule has 1 aliphatic heterocycles. The van der Waals surface area contributed by atoms with Gasteiger partial charge in [-0.3, -0.25) is 4.79 Å². The van der Waals surface area contributed by atoms with Gasteiger partial charge in [-0.15, -0.1) is 5.10 Å². The van der Waals surface area contributed by atoms with E-state index in [4.69, 9.17) is 0 Å². The predicted molar refractivity (Wildman–Crippen MR) is 26.9 cm³/mol. The summed E-state index contributed by atoms with van der Waals surface area (Å²) in [4.78, 5) is 10.3. The van der Waals surface area contributed by atoms with E-state index in [-0.39, 0.29) is 5.71 Å². The number of carbonyl (C=O) groups is 1. The number of hydrogen-bond acceptors (Lipinski definition) is 3. The highest BCUT2D eigenvalue weighted by Gasteiger charge is 2.11. The summed E-state index contributed by atoms with van der Waals surface area (Å²) in [6.45, 7) is -0.821. The van der Waals surface area contributed by atoms with Gasteiger partial charge in [0.25, 0.3) is 0 Å². The number of ketones is 1. The van der Waals surface area contributed by atoms with Crippen LogP contribution < -0.4 is 0 Å². The van der Waals surface area contributed by atoms with Crippen molar-refractivity contribution in [3.05, 3.63) is 0 Å². The topological polar surface area (TPSA) is 41.8 Å². The zero-order valence-electron chi connectivity index (χ0n) is 3.97. The lowest BCUT2D eigenvalue weighted by Gasteiger charge is -1.80. The molecule has 0 N–H and O–H groups in total. The van der Waals surface area contributed by atoms with Crippen molar-refractivity contribution < 1.29 is 9.18 Å². The molecule has 0 spiro atoms. The first-order chi connectivity index (χ1) is 3.84. The largest absolute Gasteiger partial charge is 0.286 e. The number of Topliss-reactive ketones (excluding diaryl/α,β-unsaturated/α-hetero) is 1. The van der Waals surface area contributed by atoms with E-state index in [1.54, 1.807) is 0 Å². The van der Waals surface area contributed by atoms with E-state index in [1.807, 2.05) is 0 Å². The molecular formula is C4H3FN2O. The lowest BCUT2D eigenvalue weighted by molar-refractivity contribution is -0.107. The van der Waals surface area contributed by atoms with Crippen molar-refractivity contribution in [3.63, 3.8) is 0 Å². The monoisotopic (exact) mass is 114 g/mol. The normalized spacial score (nSPS) is 17.1. The lowest BCUT2D eigenvalue weighted by Crippen LogP contribution is -2.12. The van der Waals surface area contributed by atoms with Crippen molar-refractivity contribution in [3.8, 4) is 0 Å². The van der Waals surface area contributed by atoms with Gasteiger partial charge >= 0.3 is 0 Å². The highest BCUT2D eigenvalue weighted by molar-refractivity contribution is 6.62. The van der Waals surface area contributed by atoms with Gasteiger partial charge in [-0.25, -0.2) is 4.39 Å². The van der Waals surface area contributed by atoms with Crippen LogP contribution in [0.1, 0.15) is 0 Å². The molecule has 0 radical (unpaired) electrons. The molecule has 1 heterocycles. The fourth-order valence-electron chi connectivity index (χ4n) is 0.367. The van der Waals surface area contributed by atoms with E-state index in [0.717, 1.165) is 6.21 Å². The molecule has 4 heteroatoms. The van der Waals surface area contributed by atoms with E-state index in [0.29, 0.717) is 0 Å². The third-order valence-electron chi connectivity index (χ3n) is 0.764. The molecule has 42 valence electrons. The molecule has 0 amide bonds. The van der Waals surface area contributed by atoms with Crippen LogP contribution in [-0.4, -0.2) is 24.4 Å². The summed E-state index contributed by atoms with van der Waals surface area (Å²) in [6.07, 6.45) is 0.995. The molecule has 0 bridgehead atoms. The Morgan fingerprint density at radius 1 is 1.75 bits per heavy atom. The van der Waals surface area contributed by atoms with Crippen molar-refractivity contribution in [2.45, 2.75) is 0 Å². The SMILES string of the molecule is O=C1C=NN=C1CF. The summed E-state index contributed by atoms with van der Waals surface area (Å²) >= 11 is 0. The van der Waals surface area contributed by atoms with Crippen LogP contribution >= 0.6 is 0 Å². The first kappa shape index (κ1) is 5.08. The van der Waals surface area contributed by atoms with Crippen molar-refractivity contribution in [2.75, 3.05) is 6.67 Å². The zero-order chi connectivity index (χ0) is 5.98. The zero-order valence-corrected chi connectivity index (χ0v) is 3.97. The van der Waals surface area contributed by atoms with Gasteiger partial charge < -0.3 is 0 Å². The van der Waals surface area contributed by atoms with Gasteiger partial charge in [0, 0.05) is 0 Å². The predicted octanol–water partition coefficient (Wildman–Crippen LogP) is -0.0346. The molecule has 0 aromatic heterocycles. The summed E-state index contributed by atoms with van der Waals surface area (Å²) in [7, 11) is 0. The molecule has 0 fully saturated rings. The second-order valence-electron chi connectivity index (χ2n) is 1.29. The summed E-state index contributed by atoms with van der Waals surface area (Å²) in [5.74, 6) is -0.424. The van der Waals surface area contributed by atoms with Crippen molar-refractivity contribution in [2.24, 2.45) is 10.2 Å². The molecule has 1 rings (SSSR count). The highest BCUT2D eigenvalue weighted by atomic mass is 19.1. The van der Waals surface area contributed by atoms with Crippen LogP contribution in [-0.2, 0) is 4.79 Å². The molecule has 0 saturated heterocycles. The van der Waals surface area contributed by atoms with Crippen LogP contribution in [0.2, 0.25) is 0 Å². The molecule has 0 atom stereocenters. The number of nitrogens with zero attached hydrogens (tertiary/aromatic N) is 2. The smallest absolute Gasteiger partial charge is 0.224 e. The van der Waals surface area contributed by atoms with Gasteiger partial charge in [0.1, 0.15) is 12.4 Å². The Hall–Kier alpha value is -1.06. The maximum atomic E-state index is 11.5. The first-order valence-electron chi connectivity index (χ1n) is 2.05. The fourth-order valence-corrected chi connectivity index (χ4v) is 0.367. The molecule has 8 heavy (non-hydrogen) atoms. The van der Waals surface area contributed by atoms with Crippen LogP contribution in [0.15, 0.2) is 10.2 Å². The van der Waals surface area contributed by atoms with E-state index < -0.39 is 12.5 Å². The number of halogens is 1. The van der Waals surface area contributed by atoms with Crippen LogP contribution in [0.25, 0.3) is 0 Å².